The predicted molar refractivity (Wildman–Crippen MR) is 128 cm³/mol. The van der Waals surface area contributed by atoms with Gasteiger partial charge in [-0.15, -0.1) is 0 Å². The Bertz CT molecular complexity index is 1180. The first kappa shape index (κ1) is 24.5. The number of benzene rings is 3. The molecule has 0 bridgehead atoms. The number of aromatic carboxylic acids is 1. The number of fused-ring (bicyclic) bond motifs is 1. The SMILES string of the molecule is CCCOC(=O)C(C)NP(=O)(Oc1ccccc1)C(C)c1ccc2ccc(C(=O)O)cc2c1. The average Bonchev–Trinajstić information content (AvgIpc) is 2.81. The van der Waals surface area contributed by atoms with Crippen LogP contribution in [0.5, 0.6) is 5.75 Å². The van der Waals surface area contributed by atoms with Gasteiger partial charge < -0.3 is 14.4 Å². The van der Waals surface area contributed by atoms with Crippen LogP contribution in [-0.4, -0.2) is 29.7 Å². The maximum atomic E-state index is 14.1. The Hall–Kier alpha value is -3.15. The van der Waals surface area contributed by atoms with Crippen molar-refractivity contribution >= 4 is 30.2 Å². The van der Waals surface area contributed by atoms with Crippen LogP contribution in [0.4, 0.5) is 0 Å². The second-order valence-electron chi connectivity index (χ2n) is 7.82. The summed E-state index contributed by atoms with van der Waals surface area (Å²) in [7, 11) is -3.67. The Labute approximate surface area is 193 Å². The van der Waals surface area contributed by atoms with E-state index in [9.17, 15) is 19.3 Å². The van der Waals surface area contributed by atoms with E-state index in [0.717, 1.165) is 5.39 Å². The van der Waals surface area contributed by atoms with E-state index in [0.29, 0.717) is 23.1 Å². The highest BCUT2D eigenvalue weighted by Crippen LogP contribution is 2.56. The predicted octanol–water partition coefficient (Wildman–Crippen LogP) is 5.80. The Morgan fingerprint density at radius 3 is 2.36 bits per heavy atom. The fourth-order valence-corrected chi connectivity index (χ4v) is 5.43. The summed E-state index contributed by atoms with van der Waals surface area (Å²) in [6.07, 6.45) is 0.683. The number of hydrogen-bond acceptors (Lipinski definition) is 5. The average molecular weight is 469 g/mol. The Balaban J connectivity index is 1.97. The summed E-state index contributed by atoms with van der Waals surface area (Å²) < 4.78 is 25.3. The number of carboxylic acid groups (broad SMARTS) is 1. The third-order valence-electron chi connectivity index (χ3n) is 5.26. The normalized spacial score (nSPS) is 14.8. The highest BCUT2D eigenvalue weighted by Gasteiger charge is 2.37. The molecular formula is C25H28NO6P. The number of para-hydroxylation sites is 1. The molecule has 0 spiro atoms. The molecule has 0 aliphatic carbocycles. The zero-order valence-electron chi connectivity index (χ0n) is 18.9. The summed E-state index contributed by atoms with van der Waals surface area (Å²) in [5.41, 5.74) is 0.212. The molecule has 33 heavy (non-hydrogen) atoms. The van der Waals surface area contributed by atoms with Crippen molar-refractivity contribution in [3.63, 3.8) is 0 Å². The molecule has 0 radical (unpaired) electrons. The topological polar surface area (TPSA) is 102 Å². The number of carboxylic acids is 1. The first-order valence-corrected chi connectivity index (χ1v) is 12.5. The van der Waals surface area contributed by atoms with Crippen molar-refractivity contribution in [2.75, 3.05) is 6.61 Å². The van der Waals surface area contributed by atoms with E-state index in [2.05, 4.69) is 5.09 Å². The second-order valence-corrected chi connectivity index (χ2v) is 10.2. The molecule has 2 N–H and O–H groups in total. The van der Waals surface area contributed by atoms with E-state index in [1.165, 1.54) is 0 Å². The third-order valence-corrected chi connectivity index (χ3v) is 7.81. The van der Waals surface area contributed by atoms with Crippen LogP contribution in [0.3, 0.4) is 0 Å². The summed E-state index contributed by atoms with van der Waals surface area (Å²) in [5, 5.41) is 13.8. The molecule has 0 aliphatic heterocycles. The van der Waals surface area contributed by atoms with Gasteiger partial charge in [0.15, 0.2) is 0 Å². The van der Waals surface area contributed by atoms with Gasteiger partial charge in [0.2, 0.25) is 0 Å². The molecule has 0 saturated carbocycles. The molecule has 0 saturated heterocycles. The van der Waals surface area contributed by atoms with Crippen LogP contribution >= 0.6 is 7.52 Å². The van der Waals surface area contributed by atoms with Crippen molar-refractivity contribution < 1.29 is 28.5 Å². The van der Waals surface area contributed by atoms with Gasteiger partial charge in [-0.3, -0.25) is 9.36 Å². The molecule has 174 valence electrons. The number of nitrogens with one attached hydrogen (secondary N) is 1. The monoisotopic (exact) mass is 469 g/mol. The van der Waals surface area contributed by atoms with Gasteiger partial charge in [-0.05, 0) is 60.9 Å². The standard InChI is InChI=1S/C25H28NO6P/c1-4-14-31-25(29)17(2)26-33(30,32-23-8-6-5-7-9-23)18(3)20-12-10-19-11-13-21(24(27)28)16-22(19)15-20/h5-13,15-18H,4,14H2,1-3H3,(H,26,30)(H,27,28). The van der Waals surface area contributed by atoms with Gasteiger partial charge in [0.1, 0.15) is 11.8 Å². The van der Waals surface area contributed by atoms with E-state index in [1.54, 1.807) is 62.4 Å². The van der Waals surface area contributed by atoms with Crippen molar-refractivity contribution in [1.29, 1.82) is 0 Å². The summed E-state index contributed by atoms with van der Waals surface area (Å²) >= 11 is 0. The molecule has 0 heterocycles. The van der Waals surface area contributed by atoms with Gasteiger partial charge in [0.25, 0.3) is 0 Å². The molecule has 0 aliphatic rings. The highest BCUT2D eigenvalue weighted by molar-refractivity contribution is 7.57. The van der Waals surface area contributed by atoms with Crippen molar-refractivity contribution in [2.24, 2.45) is 0 Å². The lowest BCUT2D eigenvalue weighted by atomic mass is 10.0. The van der Waals surface area contributed by atoms with E-state index in [-0.39, 0.29) is 12.2 Å². The van der Waals surface area contributed by atoms with E-state index in [4.69, 9.17) is 9.26 Å². The first-order chi connectivity index (χ1) is 15.7. The van der Waals surface area contributed by atoms with Crippen LogP contribution < -0.4 is 9.61 Å². The van der Waals surface area contributed by atoms with Crippen molar-refractivity contribution in [3.8, 4) is 5.75 Å². The van der Waals surface area contributed by atoms with E-state index < -0.39 is 31.2 Å². The molecule has 7 nitrogen and oxygen atoms in total. The van der Waals surface area contributed by atoms with E-state index >= 15 is 0 Å². The van der Waals surface area contributed by atoms with Gasteiger partial charge in [0, 0.05) is 0 Å². The first-order valence-electron chi connectivity index (χ1n) is 10.8. The minimum Gasteiger partial charge on any atom is -0.478 e. The van der Waals surface area contributed by atoms with Gasteiger partial charge in [-0.25, -0.2) is 9.88 Å². The van der Waals surface area contributed by atoms with Gasteiger partial charge in [-0.2, -0.15) is 0 Å². The quantitative estimate of drug-likeness (QED) is 0.286. The second kappa shape index (κ2) is 10.6. The fourth-order valence-electron chi connectivity index (χ4n) is 3.36. The lowest BCUT2D eigenvalue weighted by Gasteiger charge is -2.28. The molecule has 0 amide bonds. The van der Waals surface area contributed by atoms with Crippen LogP contribution in [0.25, 0.3) is 10.8 Å². The van der Waals surface area contributed by atoms with Crippen LogP contribution in [0.15, 0.2) is 66.7 Å². The van der Waals surface area contributed by atoms with Crippen LogP contribution in [0.1, 0.15) is 48.8 Å². The number of carbonyl (C=O) groups excluding carboxylic acids is 1. The third kappa shape index (κ3) is 6.01. The number of carbonyl (C=O) groups is 2. The van der Waals surface area contributed by atoms with Crippen molar-refractivity contribution in [2.45, 2.75) is 38.9 Å². The molecule has 3 aromatic rings. The van der Waals surface area contributed by atoms with Crippen LogP contribution in [-0.2, 0) is 14.1 Å². The van der Waals surface area contributed by atoms with Crippen molar-refractivity contribution in [3.05, 3.63) is 77.9 Å². The minimum absolute atomic E-state index is 0.168. The smallest absolute Gasteiger partial charge is 0.335 e. The largest absolute Gasteiger partial charge is 0.478 e. The lowest BCUT2D eigenvalue weighted by Crippen LogP contribution is -2.35. The summed E-state index contributed by atoms with van der Waals surface area (Å²) in [5.74, 6) is -1.12. The summed E-state index contributed by atoms with van der Waals surface area (Å²) in [4.78, 5) is 23.7. The lowest BCUT2D eigenvalue weighted by molar-refractivity contribution is -0.145. The zero-order valence-corrected chi connectivity index (χ0v) is 19.7. The van der Waals surface area contributed by atoms with E-state index in [1.807, 2.05) is 25.1 Å². The molecule has 3 rings (SSSR count). The highest BCUT2D eigenvalue weighted by atomic mass is 31.2. The van der Waals surface area contributed by atoms with Crippen LogP contribution in [0, 0.1) is 0 Å². The van der Waals surface area contributed by atoms with Crippen molar-refractivity contribution in [1.82, 2.24) is 5.09 Å². The number of ether oxygens (including phenoxy) is 1. The molecular weight excluding hydrogens is 441 g/mol. The number of rotatable bonds is 10. The van der Waals surface area contributed by atoms with Gasteiger partial charge in [0.05, 0.1) is 17.8 Å². The molecule has 0 fully saturated rings. The Kier molecular flexibility index (Phi) is 7.90. The van der Waals surface area contributed by atoms with Gasteiger partial charge >= 0.3 is 19.5 Å². The molecule has 0 aromatic heterocycles. The van der Waals surface area contributed by atoms with Crippen LogP contribution in [0.2, 0.25) is 0 Å². The molecule has 3 unspecified atom stereocenters. The minimum atomic E-state index is -3.67. The molecule has 3 aromatic carbocycles. The summed E-state index contributed by atoms with van der Waals surface area (Å²) in [6, 6.07) is 18.2. The number of esters is 1. The zero-order chi connectivity index (χ0) is 24.0. The fraction of sp³-hybridized carbons (Fsp3) is 0.280. The molecule has 3 atom stereocenters. The Morgan fingerprint density at radius 1 is 1.00 bits per heavy atom. The maximum Gasteiger partial charge on any atom is 0.335 e. The molecule has 8 heteroatoms. The van der Waals surface area contributed by atoms with Gasteiger partial charge in [-0.1, -0.05) is 49.4 Å². The number of hydrogen-bond donors (Lipinski definition) is 2. The Morgan fingerprint density at radius 2 is 1.70 bits per heavy atom. The maximum absolute atomic E-state index is 14.1. The summed E-state index contributed by atoms with van der Waals surface area (Å²) in [6.45, 7) is 5.52.